The fourth-order valence-electron chi connectivity index (χ4n) is 4.02. The van der Waals surface area contributed by atoms with E-state index in [0.717, 1.165) is 50.2 Å². The lowest BCUT2D eigenvalue weighted by molar-refractivity contribution is -0.00805. The minimum absolute atomic E-state index is 0.0645. The number of hydrogen-bond donors (Lipinski definition) is 1. The topological polar surface area (TPSA) is 57.9 Å². The summed E-state index contributed by atoms with van der Waals surface area (Å²) in [5.41, 5.74) is 1.14. The summed E-state index contributed by atoms with van der Waals surface area (Å²) >= 11 is 0. The molecule has 7 heteroatoms. The number of nitrogens with one attached hydrogen (secondary N) is 1. The van der Waals surface area contributed by atoms with Gasteiger partial charge >= 0.3 is 0 Å². The monoisotopic (exact) mass is 376 g/mol. The zero-order chi connectivity index (χ0) is 19.1. The number of nitrogens with zero attached hydrogens (tertiary/aromatic N) is 5. The first-order valence-corrected chi connectivity index (χ1v) is 10.5. The van der Waals surface area contributed by atoms with Crippen LogP contribution in [0.2, 0.25) is 0 Å². The Balaban J connectivity index is 1.53. The summed E-state index contributed by atoms with van der Waals surface area (Å²) in [4.78, 5) is 9.83. The van der Waals surface area contributed by atoms with Crippen LogP contribution in [-0.4, -0.2) is 78.0 Å². The molecule has 2 saturated heterocycles. The SMILES string of the molecule is CCNC(=NCCC1CCN(CC)CC1)N1CCOC(c2cnn(C)c2)C1. The van der Waals surface area contributed by atoms with Crippen molar-refractivity contribution >= 4 is 5.96 Å². The van der Waals surface area contributed by atoms with Crippen LogP contribution in [0.1, 0.15) is 44.8 Å². The number of aromatic nitrogens is 2. The quantitative estimate of drug-likeness (QED) is 0.607. The lowest BCUT2D eigenvalue weighted by Crippen LogP contribution is -2.48. The number of likely N-dealkylation sites (tertiary alicyclic amines) is 1. The standard InChI is InChI=1S/C20H36N6O/c1-4-21-20(22-9-6-17-7-10-25(5-2)11-8-17)26-12-13-27-19(16-26)18-14-23-24(3)15-18/h14-15,17,19H,4-13,16H2,1-3H3,(H,21,22). The largest absolute Gasteiger partial charge is 0.370 e. The number of aliphatic imine (C=N–C) groups is 1. The smallest absolute Gasteiger partial charge is 0.194 e. The summed E-state index contributed by atoms with van der Waals surface area (Å²) in [6.07, 6.45) is 7.85. The van der Waals surface area contributed by atoms with Crippen LogP contribution in [0.5, 0.6) is 0 Å². The van der Waals surface area contributed by atoms with Crippen LogP contribution in [0.3, 0.4) is 0 Å². The van der Waals surface area contributed by atoms with Crippen molar-refractivity contribution < 1.29 is 4.74 Å². The van der Waals surface area contributed by atoms with Gasteiger partial charge in [-0.25, -0.2) is 0 Å². The van der Waals surface area contributed by atoms with Crippen molar-refractivity contribution in [2.45, 2.75) is 39.2 Å². The molecule has 0 bridgehead atoms. The van der Waals surface area contributed by atoms with E-state index >= 15 is 0 Å². The Labute approximate surface area is 163 Å². The highest BCUT2D eigenvalue weighted by Crippen LogP contribution is 2.22. The summed E-state index contributed by atoms with van der Waals surface area (Å²) < 4.78 is 7.81. The maximum absolute atomic E-state index is 5.97. The molecule has 1 N–H and O–H groups in total. The van der Waals surface area contributed by atoms with E-state index in [0.29, 0.717) is 0 Å². The summed E-state index contributed by atoms with van der Waals surface area (Å²) in [6, 6.07) is 0. The Morgan fingerprint density at radius 2 is 2.11 bits per heavy atom. The van der Waals surface area contributed by atoms with Crippen LogP contribution < -0.4 is 5.32 Å². The van der Waals surface area contributed by atoms with Crippen molar-refractivity contribution in [3.8, 4) is 0 Å². The molecular weight excluding hydrogens is 340 g/mol. The van der Waals surface area contributed by atoms with Gasteiger partial charge in [0.1, 0.15) is 6.10 Å². The zero-order valence-electron chi connectivity index (χ0n) is 17.2. The summed E-state index contributed by atoms with van der Waals surface area (Å²) in [5, 5.41) is 7.75. The minimum atomic E-state index is 0.0645. The Morgan fingerprint density at radius 3 is 2.78 bits per heavy atom. The molecule has 0 aliphatic carbocycles. The zero-order valence-corrected chi connectivity index (χ0v) is 17.2. The summed E-state index contributed by atoms with van der Waals surface area (Å²) in [7, 11) is 1.95. The second kappa shape index (κ2) is 10.1. The third-order valence-electron chi connectivity index (χ3n) is 5.75. The second-order valence-corrected chi connectivity index (χ2v) is 7.65. The van der Waals surface area contributed by atoms with Gasteiger partial charge in [-0.05, 0) is 51.7 Å². The van der Waals surface area contributed by atoms with E-state index in [2.05, 4.69) is 34.1 Å². The van der Waals surface area contributed by atoms with E-state index in [-0.39, 0.29) is 6.10 Å². The Hall–Kier alpha value is -1.60. The van der Waals surface area contributed by atoms with Crippen LogP contribution in [0.4, 0.5) is 0 Å². The van der Waals surface area contributed by atoms with Gasteiger partial charge in [-0.3, -0.25) is 9.67 Å². The molecule has 3 rings (SSSR count). The molecule has 0 amide bonds. The van der Waals surface area contributed by atoms with E-state index in [4.69, 9.17) is 9.73 Å². The predicted octanol–water partition coefficient (Wildman–Crippen LogP) is 1.88. The number of guanidine groups is 1. The van der Waals surface area contributed by atoms with E-state index in [9.17, 15) is 0 Å². The lowest BCUT2D eigenvalue weighted by atomic mass is 9.94. The van der Waals surface area contributed by atoms with Gasteiger partial charge in [0.25, 0.3) is 0 Å². The third-order valence-corrected chi connectivity index (χ3v) is 5.75. The highest BCUT2D eigenvalue weighted by Gasteiger charge is 2.25. The molecule has 27 heavy (non-hydrogen) atoms. The van der Waals surface area contributed by atoms with Crippen LogP contribution in [0.25, 0.3) is 0 Å². The summed E-state index contributed by atoms with van der Waals surface area (Å²) in [6.45, 7) is 12.3. The maximum atomic E-state index is 5.97. The number of aryl methyl sites for hydroxylation is 1. The van der Waals surface area contributed by atoms with E-state index in [1.807, 2.05) is 24.1 Å². The fourth-order valence-corrected chi connectivity index (χ4v) is 4.02. The molecule has 1 atom stereocenters. The molecule has 152 valence electrons. The van der Waals surface area contributed by atoms with Gasteiger partial charge in [-0.1, -0.05) is 6.92 Å². The molecule has 1 aromatic heterocycles. The maximum Gasteiger partial charge on any atom is 0.194 e. The van der Waals surface area contributed by atoms with Crippen LogP contribution in [-0.2, 0) is 11.8 Å². The van der Waals surface area contributed by atoms with Crippen LogP contribution >= 0.6 is 0 Å². The molecule has 0 radical (unpaired) electrons. The highest BCUT2D eigenvalue weighted by molar-refractivity contribution is 5.80. The van der Waals surface area contributed by atoms with Gasteiger partial charge in [0.2, 0.25) is 0 Å². The van der Waals surface area contributed by atoms with E-state index in [1.54, 1.807) is 0 Å². The number of rotatable bonds is 6. The molecule has 3 heterocycles. The third kappa shape index (κ3) is 5.69. The van der Waals surface area contributed by atoms with Gasteiger partial charge in [-0.15, -0.1) is 0 Å². The van der Waals surface area contributed by atoms with Gasteiger partial charge in [0.15, 0.2) is 5.96 Å². The molecular formula is C20H36N6O. The van der Waals surface area contributed by atoms with Crippen molar-refractivity contribution in [1.82, 2.24) is 24.9 Å². The molecule has 0 spiro atoms. The van der Waals surface area contributed by atoms with Crippen LogP contribution in [0.15, 0.2) is 17.4 Å². The first-order chi connectivity index (χ1) is 13.2. The lowest BCUT2D eigenvalue weighted by Gasteiger charge is -2.35. The minimum Gasteiger partial charge on any atom is -0.370 e. The predicted molar refractivity (Wildman–Crippen MR) is 109 cm³/mol. The summed E-state index contributed by atoms with van der Waals surface area (Å²) in [5.74, 6) is 1.85. The van der Waals surface area contributed by atoms with E-state index in [1.165, 1.54) is 38.9 Å². The van der Waals surface area contributed by atoms with Crippen molar-refractivity contribution in [2.75, 3.05) is 52.4 Å². The molecule has 1 aromatic rings. The molecule has 2 fully saturated rings. The van der Waals surface area contributed by atoms with Gasteiger partial charge in [0.05, 0.1) is 19.3 Å². The number of ether oxygens (including phenoxy) is 1. The van der Waals surface area contributed by atoms with Gasteiger partial charge < -0.3 is 19.9 Å². The molecule has 7 nitrogen and oxygen atoms in total. The number of hydrogen-bond acceptors (Lipinski definition) is 4. The Kier molecular flexibility index (Phi) is 7.52. The average molecular weight is 377 g/mol. The van der Waals surface area contributed by atoms with Gasteiger partial charge in [-0.2, -0.15) is 5.10 Å². The first kappa shape index (κ1) is 20.1. The van der Waals surface area contributed by atoms with Crippen molar-refractivity contribution in [1.29, 1.82) is 0 Å². The highest BCUT2D eigenvalue weighted by atomic mass is 16.5. The van der Waals surface area contributed by atoms with Crippen molar-refractivity contribution in [3.63, 3.8) is 0 Å². The number of piperidine rings is 1. The average Bonchev–Trinajstić information content (AvgIpc) is 3.14. The van der Waals surface area contributed by atoms with E-state index < -0.39 is 0 Å². The second-order valence-electron chi connectivity index (χ2n) is 7.65. The van der Waals surface area contributed by atoms with Gasteiger partial charge in [0, 0.05) is 38.4 Å². The molecule has 2 aliphatic heterocycles. The molecule has 0 aromatic carbocycles. The fraction of sp³-hybridized carbons (Fsp3) is 0.800. The molecule has 1 unspecified atom stereocenters. The molecule has 0 saturated carbocycles. The normalized spacial score (nSPS) is 23.0. The first-order valence-electron chi connectivity index (χ1n) is 10.5. The Morgan fingerprint density at radius 1 is 1.30 bits per heavy atom. The Bertz CT molecular complexity index is 593. The van der Waals surface area contributed by atoms with Crippen molar-refractivity contribution in [2.24, 2.45) is 18.0 Å². The van der Waals surface area contributed by atoms with Crippen molar-refractivity contribution in [3.05, 3.63) is 18.0 Å². The molecule has 2 aliphatic rings. The van der Waals surface area contributed by atoms with Crippen LogP contribution in [0, 0.1) is 5.92 Å². The number of morpholine rings is 1.